The van der Waals surface area contributed by atoms with E-state index >= 15 is 0 Å². The minimum absolute atomic E-state index is 0.00712. The first-order valence-corrected chi connectivity index (χ1v) is 9.21. The Morgan fingerprint density at radius 3 is 2.56 bits per heavy atom. The Balaban J connectivity index is 1.45. The monoisotopic (exact) mass is 347 g/mol. The van der Waals surface area contributed by atoms with E-state index in [4.69, 9.17) is 4.74 Å². The molecule has 2 amide bonds. The number of nitrogens with zero attached hydrogens (tertiary/aromatic N) is 2. The number of nitriles is 1. The van der Waals surface area contributed by atoms with Gasteiger partial charge in [-0.2, -0.15) is 5.26 Å². The molecule has 1 aliphatic heterocycles. The van der Waals surface area contributed by atoms with Crippen molar-refractivity contribution in [2.45, 2.75) is 69.4 Å². The Labute approximate surface area is 147 Å². The van der Waals surface area contributed by atoms with E-state index in [-0.39, 0.29) is 18.4 Å². The molecule has 2 aliphatic carbocycles. The van der Waals surface area contributed by atoms with Gasteiger partial charge in [0.05, 0.1) is 12.0 Å². The molecule has 25 heavy (non-hydrogen) atoms. The van der Waals surface area contributed by atoms with Gasteiger partial charge in [0.2, 0.25) is 5.91 Å². The number of nitrogens with one attached hydrogen (secondary N) is 1. The molecule has 0 unspecified atom stereocenters. The number of amides is 2. The zero-order valence-electron chi connectivity index (χ0n) is 14.5. The standard InChI is InChI=1S/C18H25N3O4/c19-12-18(7-3-4-8-18)20-15(22)11-25-17(24)13-9-16(23)21(10-13)14-5-1-2-6-14/h13-14H,1-11H2,(H,20,22)/t13-/m1/s1. The normalized spacial score (nSPS) is 25.8. The molecule has 1 saturated heterocycles. The van der Waals surface area contributed by atoms with Crippen molar-refractivity contribution in [3.05, 3.63) is 0 Å². The van der Waals surface area contributed by atoms with E-state index in [1.807, 2.05) is 4.90 Å². The fourth-order valence-corrected chi connectivity index (χ4v) is 4.26. The average molecular weight is 347 g/mol. The maximum atomic E-state index is 12.2. The van der Waals surface area contributed by atoms with Gasteiger partial charge in [0, 0.05) is 19.0 Å². The van der Waals surface area contributed by atoms with Crippen molar-refractivity contribution in [2.75, 3.05) is 13.2 Å². The Kier molecular flexibility index (Phi) is 5.26. The van der Waals surface area contributed by atoms with Crippen molar-refractivity contribution in [3.8, 4) is 6.07 Å². The lowest BCUT2D eigenvalue weighted by molar-refractivity contribution is -0.152. The van der Waals surface area contributed by atoms with Crippen LogP contribution >= 0.6 is 0 Å². The fourth-order valence-electron chi connectivity index (χ4n) is 4.26. The molecule has 3 aliphatic rings. The maximum Gasteiger partial charge on any atom is 0.311 e. The molecule has 0 aromatic rings. The highest BCUT2D eigenvalue weighted by Gasteiger charge is 2.40. The summed E-state index contributed by atoms with van der Waals surface area (Å²) in [6.07, 6.45) is 7.53. The van der Waals surface area contributed by atoms with Crippen LogP contribution in [-0.2, 0) is 19.1 Å². The van der Waals surface area contributed by atoms with Crippen molar-refractivity contribution in [3.63, 3.8) is 0 Å². The van der Waals surface area contributed by atoms with E-state index in [0.29, 0.717) is 19.4 Å². The Bertz CT molecular complexity index is 586. The Hall–Kier alpha value is -2.10. The quantitative estimate of drug-likeness (QED) is 0.755. The van der Waals surface area contributed by atoms with Crippen LogP contribution in [0.3, 0.4) is 0 Å². The number of carbonyl (C=O) groups is 3. The molecule has 1 heterocycles. The van der Waals surface area contributed by atoms with Crippen molar-refractivity contribution in [1.29, 1.82) is 5.26 Å². The maximum absolute atomic E-state index is 12.2. The first kappa shape index (κ1) is 17.7. The van der Waals surface area contributed by atoms with Gasteiger partial charge >= 0.3 is 5.97 Å². The first-order chi connectivity index (χ1) is 12.0. The Morgan fingerprint density at radius 1 is 1.24 bits per heavy atom. The molecule has 0 aromatic heterocycles. The number of hydrogen-bond donors (Lipinski definition) is 1. The van der Waals surface area contributed by atoms with Crippen LogP contribution in [0.2, 0.25) is 0 Å². The highest BCUT2D eigenvalue weighted by Crippen LogP contribution is 2.30. The van der Waals surface area contributed by atoms with Crippen molar-refractivity contribution in [1.82, 2.24) is 10.2 Å². The summed E-state index contributed by atoms with van der Waals surface area (Å²) in [5, 5.41) is 12.0. The molecule has 7 nitrogen and oxygen atoms in total. The molecule has 0 radical (unpaired) electrons. The number of likely N-dealkylation sites (tertiary alicyclic amines) is 1. The van der Waals surface area contributed by atoms with E-state index in [0.717, 1.165) is 38.5 Å². The second-order valence-corrected chi connectivity index (χ2v) is 7.44. The third kappa shape index (κ3) is 3.94. The molecule has 3 fully saturated rings. The van der Waals surface area contributed by atoms with Gasteiger partial charge in [0.15, 0.2) is 6.61 Å². The molecule has 1 N–H and O–H groups in total. The molecule has 7 heteroatoms. The van der Waals surface area contributed by atoms with Crippen LogP contribution < -0.4 is 5.32 Å². The molecule has 136 valence electrons. The van der Waals surface area contributed by atoms with Crippen LogP contribution in [-0.4, -0.2) is 47.4 Å². The summed E-state index contributed by atoms with van der Waals surface area (Å²) in [4.78, 5) is 38.1. The summed E-state index contributed by atoms with van der Waals surface area (Å²) in [6, 6.07) is 2.43. The van der Waals surface area contributed by atoms with E-state index < -0.39 is 29.9 Å². The minimum atomic E-state index is -0.813. The zero-order chi connectivity index (χ0) is 17.9. The molecule has 3 rings (SSSR count). The lowest BCUT2D eigenvalue weighted by Crippen LogP contribution is -2.47. The zero-order valence-corrected chi connectivity index (χ0v) is 14.5. The Morgan fingerprint density at radius 2 is 1.92 bits per heavy atom. The first-order valence-electron chi connectivity index (χ1n) is 9.21. The average Bonchev–Trinajstić information content (AvgIpc) is 3.33. The highest BCUT2D eigenvalue weighted by atomic mass is 16.5. The van der Waals surface area contributed by atoms with E-state index in [1.54, 1.807) is 0 Å². The topological polar surface area (TPSA) is 99.5 Å². The van der Waals surface area contributed by atoms with Crippen LogP contribution in [0.15, 0.2) is 0 Å². The van der Waals surface area contributed by atoms with Gasteiger partial charge in [0.1, 0.15) is 5.54 Å². The van der Waals surface area contributed by atoms with Crippen molar-refractivity contribution < 1.29 is 19.1 Å². The molecule has 1 atom stereocenters. The van der Waals surface area contributed by atoms with Gasteiger partial charge < -0.3 is 15.0 Å². The second-order valence-electron chi connectivity index (χ2n) is 7.44. The molecule has 0 spiro atoms. The van der Waals surface area contributed by atoms with Crippen LogP contribution in [0.4, 0.5) is 0 Å². The summed E-state index contributed by atoms with van der Waals surface area (Å²) in [6.45, 7) is 0.00245. The minimum Gasteiger partial charge on any atom is -0.455 e. The van der Waals surface area contributed by atoms with Crippen molar-refractivity contribution in [2.24, 2.45) is 5.92 Å². The van der Waals surface area contributed by atoms with Crippen LogP contribution in [0.1, 0.15) is 57.8 Å². The van der Waals surface area contributed by atoms with Gasteiger partial charge in [-0.25, -0.2) is 0 Å². The molecule has 0 aromatic carbocycles. The number of carbonyl (C=O) groups excluding carboxylic acids is 3. The molecular formula is C18H25N3O4. The largest absolute Gasteiger partial charge is 0.455 e. The van der Waals surface area contributed by atoms with Crippen LogP contribution in [0.5, 0.6) is 0 Å². The lowest BCUT2D eigenvalue weighted by Gasteiger charge is -2.24. The van der Waals surface area contributed by atoms with Gasteiger partial charge in [-0.15, -0.1) is 0 Å². The summed E-state index contributed by atoms with van der Waals surface area (Å²) in [5.74, 6) is -1.43. The fraction of sp³-hybridized carbons (Fsp3) is 0.778. The third-order valence-electron chi connectivity index (χ3n) is 5.65. The number of hydrogen-bond acceptors (Lipinski definition) is 5. The summed E-state index contributed by atoms with van der Waals surface area (Å²) in [7, 11) is 0. The highest BCUT2D eigenvalue weighted by molar-refractivity contribution is 5.88. The van der Waals surface area contributed by atoms with Gasteiger partial charge in [-0.05, 0) is 38.5 Å². The SMILES string of the molecule is N#CC1(NC(=O)COC(=O)[C@@H]2CC(=O)N(C3CCCC3)C2)CCCC1. The lowest BCUT2D eigenvalue weighted by atomic mass is 10.00. The summed E-state index contributed by atoms with van der Waals surface area (Å²) < 4.78 is 5.11. The number of rotatable bonds is 5. The van der Waals surface area contributed by atoms with Gasteiger partial charge in [-0.1, -0.05) is 12.8 Å². The molecular weight excluding hydrogens is 322 g/mol. The predicted molar refractivity (Wildman–Crippen MR) is 88.0 cm³/mol. The van der Waals surface area contributed by atoms with E-state index in [2.05, 4.69) is 11.4 Å². The summed E-state index contributed by atoms with van der Waals surface area (Å²) >= 11 is 0. The van der Waals surface area contributed by atoms with Crippen LogP contribution in [0.25, 0.3) is 0 Å². The molecule has 2 saturated carbocycles. The summed E-state index contributed by atoms with van der Waals surface area (Å²) in [5.41, 5.74) is -0.813. The van der Waals surface area contributed by atoms with Crippen LogP contribution in [0, 0.1) is 17.2 Å². The van der Waals surface area contributed by atoms with Gasteiger partial charge in [0.25, 0.3) is 5.91 Å². The van der Waals surface area contributed by atoms with E-state index in [1.165, 1.54) is 0 Å². The smallest absolute Gasteiger partial charge is 0.311 e. The van der Waals surface area contributed by atoms with Gasteiger partial charge in [-0.3, -0.25) is 14.4 Å². The second kappa shape index (κ2) is 7.42. The number of ether oxygens (including phenoxy) is 1. The van der Waals surface area contributed by atoms with E-state index in [9.17, 15) is 19.6 Å². The number of esters is 1. The predicted octanol–water partition coefficient (Wildman–Crippen LogP) is 1.27. The molecule has 0 bridgehead atoms. The van der Waals surface area contributed by atoms with Crippen molar-refractivity contribution >= 4 is 17.8 Å². The third-order valence-corrected chi connectivity index (χ3v) is 5.65.